The van der Waals surface area contributed by atoms with Crippen LogP contribution in [0.15, 0.2) is 42.7 Å². The van der Waals surface area contributed by atoms with Crippen LogP contribution in [0.3, 0.4) is 0 Å². The summed E-state index contributed by atoms with van der Waals surface area (Å²) in [6, 6.07) is 10.0. The molecule has 0 bridgehead atoms. The van der Waals surface area contributed by atoms with E-state index in [9.17, 15) is 4.79 Å². The van der Waals surface area contributed by atoms with Gasteiger partial charge in [0.25, 0.3) is 5.91 Å². The topological polar surface area (TPSA) is 72.7 Å². The Bertz CT molecular complexity index is 853. The fraction of sp³-hybridized carbons (Fsp3) is 0.294. The van der Waals surface area contributed by atoms with Crippen LogP contribution in [-0.2, 0) is 0 Å². The van der Waals surface area contributed by atoms with Gasteiger partial charge in [-0.3, -0.25) is 9.48 Å². The number of rotatable bonds is 5. The van der Waals surface area contributed by atoms with Crippen LogP contribution >= 0.6 is 11.5 Å². The van der Waals surface area contributed by atoms with Crippen LogP contribution < -0.4 is 5.32 Å². The highest BCUT2D eigenvalue weighted by Gasteiger charge is 2.29. The van der Waals surface area contributed by atoms with Crippen LogP contribution in [0.2, 0.25) is 0 Å². The van der Waals surface area contributed by atoms with E-state index in [1.165, 1.54) is 12.8 Å². The summed E-state index contributed by atoms with van der Waals surface area (Å²) in [5.74, 6) is 1.03. The zero-order valence-electron chi connectivity index (χ0n) is 13.2. The zero-order chi connectivity index (χ0) is 16.5. The first kappa shape index (κ1) is 15.0. The van der Waals surface area contributed by atoms with E-state index in [0.717, 1.165) is 17.1 Å². The quantitative estimate of drug-likeness (QED) is 0.770. The van der Waals surface area contributed by atoms with Gasteiger partial charge in [-0.15, -0.1) is 0 Å². The monoisotopic (exact) mass is 339 g/mol. The molecule has 1 fully saturated rings. The fourth-order valence-corrected chi connectivity index (χ4v) is 3.21. The molecule has 1 saturated carbocycles. The van der Waals surface area contributed by atoms with Crippen molar-refractivity contribution in [2.45, 2.75) is 25.8 Å². The molecule has 1 aliphatic carbocycles. The van der Waals surface area contributed by atoms with E-state index in [4.69, 9.17) is 0 Å². The molecule has 7 heteroatoms. The zero-order valence-corrected chi connectivity index (χ0v) is 14.0. The average Bonchev–Trinajstić information content (AvgIpc) is 3.15. The fourth-order valence-electron chi connectivity index (χ4n) is 2.62. The number of hydrogen-bond acceptors (Lipinski definition) is 5. The molecule has 1 atom stereocenters. The largest absolute Gasteiger partial charge is 0.317 e. The Morgan fingerprint density at radius 3 is 2.88 bits per heavy atom. The molecule has 122 valence electrons. The van der Waals surface area contributed by atoms with Crippen molar-refractivity contribution in [1.29, 1.82) is 0 Å². The van der Waals surface area contributed by atoms with Crippen molar-refractivity contribution in [3.05, 3.63) is 47.7 Å². The highest BCUT2D eigenvalue weighted by molar-refractivity contribution is 7.08. The molecule has 0 spiro atoms. The first-order valence-electron chi connectivity index (χ1n) is 7.95. The van der Waals surface area contributed by atoms with Crippen molar-refractivity contribution in [2.75, 3.05) is 5.32 Å². The number of amides is 1. The molecular formula is C17H17N5OS. The van der Waals surface area contributed by atoms with Gasteiger partial charge in [-0.25, -0.2) is 4.98 Å². The molecular weight excluding hydrogens is 322 g/mol. The molecule has 1 aromatic carbocycles. The Kier molecular flexibility index (Phi) is 3.86. The van der Waals surface area contributed by atoms with Gasteiger partial charge in [-0.1, -0.05) is 30.3 Å². The van der Waals surface area contributed by atoms with Crippen molar-refractivity contribution < 1.29 is 4.79 Å². The summed E-state index contributed by atoms with van der Waals surface area (Å²) < 4.78 is 6.18. The van der Waals surface area contributed by atoms with Crippen molar-refractivity contribution in [3.8, 4) is 11.4 Å². The molecule has 2 heterocycles. The first-order chi connectivity index (χ1) is 11.7. The van der Waals surface area contributed by atoms with Crippen LogP contribution in [0.1, 0.15) is 35.6 Å². The number of benzene rings is 1. The molecule has 0 aliphatic heterocycles. The molecule has 0 radical (unpaired) electrons. The van der Waals surface area contributed by atoms with Gasteiger partial charge in [0.2, 0.25) is 5.01 Å². The minimum Gasteiger partial charge on any atom is -0.317 e. The molecule has 6 nitrogen and oxygen atoms in total. The first-order valence-corrected chi connectivity index (χ1v) is 8.72. The van der Waals surface area contributed by atoms with Crippen molar-refractivity contribution in [3.63, 3.8) is 0 Å². The van der Waals surface area contributed by atoms with Gasteiger partial charge in [0.05, 0.1) is 17.9 Å². The highest BCUT2D eigenvalue weighted by atomic mass is 32.1. The van der Waals surface area contributed by atoms with Gasteiger partial charge in [0.1, 0.15) is 0 Å². The minimum atomic E-state index is -0.256. The molecule has 1 aliphatic rings. The van der Waals surface area contributed by atoms with Crippen LogP contribution in [0.4, 0.5) is 5.69 Å². The Hall–Kier alpha value is -2.54. The van der Waals surface area contributed by atoms with Gasteiger partial charge in [-0.2, -0.15) is 9.47 Å². The third-order valence-electron chi connectivity index (χ3n) is 4.23. The summed E-state index contributed by atoms with van der Waals surface area (Å²) in [5, 5.41) is 7.53. The highest BCUT2D eigenvalue weighted by Crippen LogP contribution is 2.39. The van der Waals surface area contributed by atoms with Crippen LogP contribution in [-0.4, -0.2) is 25.0 Å². The van der Waals surface area contributed by atoms with Gasteiger partial charge in [0.15, 0.2) is 5.82 Å². The normalized spacial score (nSPS) is 15.2. The molecule has 1 amide bonds. The van der Waals surface area contributed by atoms with Gasteiger partial charge in [-0.05, 0) is 37.2 Å². The van der Waals surface area contributed by atoms with Crippen molar-refractivity contribution in [2.24, 2.45) is 5.92 Å². The van der Waals surface area contributed by atoms with Crippen LogP contribution in [0, 0.1) is 5.92 Å². The van der Waals surface area contributed by atoms with E-state index in [2.05, 4.69) is 26.7 Å². The van der Waals surface area contributed by atoms with Crippen LogP contribution in [0.5, 0.6) is 0 Å². The lowest BCUT2D eigenvalue weighted by atomic mass is 10.2. The minimum absolute atomic E-state index is 0.256. The SMILES string of the molecule is CC(C1CC1)n1cc(NC(=O)c2nc(-c3ccccc3)ns2)cn1. The second-order valence-electron chi connectivity index (χ2n) is 6.03. The third kappa shape index (κ3) is 3.07. The van der Waals surface area contributed by atoms with Gasteiger partial charge < -0.3 is 5.32 Å². The maximum absolute atomic E-state index is 12.3. The number of nitrogens with one attached hydrogen (secondary N) is 1. The Labute approximate surface area is 143 Å². The Morgan fingerprint density at radius 1 is 1.33 bits per heavy atom. The van der Waals surface area contributed by atoms with E-state index in [-0.39, 0.29) is 5.91 Å². The number of carbonyl (C=O) groups is 1. The Morgan fingerprint density at radius 2 is 2.12 bits per heavy atom. The standard InChI is InChI=1S/C17H17N5OS/c1-11(12-7-8-12)22-10-14(9-18-22)19-16(23)17-20-15(21-24-17)13-5-3-2-4-6-13/h2-6,9-12H,7-8H2,1H3,(H,19,23). The lowest BCUT2D eigenvalue weighted by molar-refractivity contribution is 0.102. The summed E-state index contributed by atoms with van der Waals surface area (Å²) in [6.45, 7) is 2.16. The lowest BCUT2D eigenvalue weighted by Crippen LogP contribution is -2.11. The molecule has 2 aromatic heterocycles. The molecule has 1 N–H and O–H groups in total. The summed E-state index contributed by atoms with van der Waals surface area (Å²) >= 11 is 1.10. The molecule has 4 rings (SSSR count). The smallest absolute Gasteiger partial charge is 0.286 e. The number of nitrogens with zero attached hydrogens (tertiary/aromatic N) is 4. The van der Waals surface area contributed by atoms with Crippen LogP contribution in [0.25, 0.3) is 11.4 Å². The van der Waals surface area contributed by atoms with E-state index in [0.29, 0.717) is 28.5 Å². The summed E-state index contributed by atoms with van der Waals surface area (Å²) in [5.41, 5.74) is 1.59. The second-order valence-corrected chi connectivity index (χ2v) is 6.78. The number of anilines is 1. The molecule has 0 saturated heterocycles. The predicted octanol–water partition coefficient (Wildman–Crippen LogP) is 3.62. The Balaban J connectivity index is 1.46. The molecule has 24 heavy (non-hydrogen) atoms. The van der Waals surface area contributed by atoms with E-state index in [1.54, 1.807) is 6.20 Å². The van der Waals surface area contributed by atoms with E-state index < -0.39 is 0 Å². The summed E-state index contributed by atoms with van der Waals surface area (Å²) in [4.78, 5) is 16.7. The molecule has 1 unspecified atom stereocenters. The van der Waals surface area contributed by atoms with Crippen molar-refractivity contribution >= 4 is 23.1 Å². The van der Waals surface area contributed by atoms with Crippen molar-refractivity contribution in [1.82, 2.24) is 19.1 Å². The van der Waals surface area contributed by atoms with E-state index >= 15 is 0 Å². The van der Waals surface area contributed by atoms with Gasteiger partial charge in [0, 0.05) is 11.8 Å². The van der Waals surface area contributed by atoms with Gasteiger partial charge >= 0.3 is 0 Å². The summed E-state index contributed by atoms with van der Waals surface area (Å²) in [7, 11) is 0. The van der Waals surface area contributed by atoms with E-state index in [1.807, 2.05) is 41.2 Å². The maximum atomic E-state index is 12.3. The lowest BCUT2D eigenvalue weighted by Gasteiger charge is -2.09. The average molecular weight is 339 g/mol. The predicted molar refractivity (Wildman–Crippen MR) is 93.0 cm³/mol. The number of aromatic nitrogens is 4. The molecule has 3 aromatic rings. The summed E-state index contributed by atoms with van der Waals surface area (Å²) in [6.07, 6.45) is 6.07. The maximum Gasteiger partial charge on any atom is 0.286 e. The number of hydrogen-bond donors (Lipinski definition) is 1. The third-order valence-corrected chi connectivity index (χ3v) is 4.95. The second kappa shape index (κ2) is 6.16. The number of carbonyl (C=O) groups excluding carboxylic acids is 1.